The quantitative estimate of drug-likeness (QED) is 0.887. The van der Waals surface area contributed by atoms with E-state index in [1.807, 2.05) is 30.3 Å². The molecule has 2 N–H and O–H groups in total. The van der Waals surface area contributed by atoms with Crippen molar-refractivity contribution < 1.29 is 12.8 Å². The van der Waals surface area contributed by atoms with E-state index < -0.39 is 15.8 Å². The third-order valence-corrected chi connectivity index (χ3v) is 5.20. The summed E-state index contributed by atoms with van der Waals surface area (Å²) in [5.74, 6) is -0.534. The van der Waals surface area contributed by atoms with Gasteiger partial charge in [-0.3, -0.25) is 0 Å². The molecule has 0 heterocycles. The van der Waals surface area contributed by atoms with Gasteiger partial charge < -0.3 is 5.73 Å². The number of hydrogen-bond donors (Lipinski definition) is 1. The lowest BCUT2D eigenvalue weighted by molar-refractivity contribution is 0.413. The van der Waals surface area contributed by atoms with Crippen molar-refractivity contribution in [2.45, 2.75) is 18.4 Å². The van der Waals surface area contributed by atoms with Crippen LogP contribution in [0.15, 0.2) is 53.4 Å². The minimum atomic E-state index is -3.79. The number of halogens is 1. The van der Waals surface area contributed by atoms with E-state index in [1.165, 1.54) is 16.4 Å². The van der Waals surface area contributed by atoms with Crippen molar-refractivity contribution >= 4 is 10.0 Å². The van der Waals surface area contributed by atoms with Crippen molar-refractivity contribution in [3.05, 3.63) is 65.5 Å². The lowest BCUT2D eigenvalue weighted by Crippen LogP contribution is -2.35. The number of rotatable bonds is 6. The van der Waals surface area contributed by atoms with E-state index in [-0.39, 0.29) is 24.5 Å². The normalized spacial score (nSPS) is 11.8. The van der Waals surface area contributed by atoms with E-state index in [1.54, 1.807) is 6.92 Å². The Hall–Kier alpha value is -1.76. The minimum absolute atomic E-state index is 0.0556. The van der Waals surface area contributed by atoms with Gasteiger partial charge in [-0.1, -0.05) is 36.4 Å². The zero-order chi connectivity index (χ0) is 16.2. The second-order valence-electron chi connectivity index (χ2n) is 5.02. The molecule has 6 heteroatoms. The smallest absolute Gasteiger partial charge is 0.243 e. The van der Waals surface area contributed by atoms with Gasteiger partial charge in [-0.15, -0.1) is 0 Å². The van der Waals surface area contributed by atoms with Crippen LogP contribution in [0.4, 0.5) is 4.39 Å². The van der Waals surface area contributed by atoms with E-state index in [0.717, 1.165) is 11.6 Å². The largest absolute Gasteiger partial charge is 0.329 e. The molecule has 0 bridgehead atoms. The lowest BCUT2D eigenvalue weighted by atomic mass is 10.2. The molecule has 0 saturated carbocycles. The molecule has 0 saturated heterocycles. The second kappa shape index (κ2) is 7.00. The Morgan fingerprint density at radius 1 is 1.14 bits per heavy atom. The Labute approximate surface area is 130 Å². The fourth-order valence-electron chi connectivity index (χ4n) is 2.10. The van der Waals surface area contributed by atoms with Crippen LogP contribution in [0.25, 0.3) is 0 Å². The van der Waals surface area contributed by atoms with Gasteiger partial charge in [-0.05, 0) is 30.2 Å². The van der Waals surface area contributed by atoms with Gasteiger partial charge in [0, 0.05) is 19.6 Å². The molecule has 2 rings (SSSR count). The molecule has 2 aromatic rings. The molecule has 0 atom stereocenters. The molecule has 0 unspecified atom stereocenters. The van der Waals surface area contributed by atoms with Crippen LogP contribution in [-0.2, 0) is 16.6 Å². The monoisotopic (exact) mass is 322 g/mol. The van der Waals surface area contributed by atoms with Crippen LogP contribution in [0.1, 0.15) is 11.1 Å². The molecule has 0 aliphatic rings. The molecule has 4 nitrogen and oxygen atoms in total. The molecule has 0 aliphatic carbocycles. The van der Waals surface area contributed by atoms with Crippen molar-refractivity contribution in [2.75, 3.05) is 13.1 Å². The van der Waals surface area contributed by atoms with Gasteiger partial charge >= 0.3 is 0 Å². The Balaban J connectivity index is 2.35. The van der Waals surface area contributed by atoms with Crippen LogP contribution in [-0.4, -0.2) is 25.8 Å². The molecule has 22 heavy (non-hydrogen) atoms. The molecule has 0 amide bonds. The van der Waals surface area contributed by atoms with Crippen LogP contribution >= 0.6 is 0 Å². The van der Waals surface area contributed by atoms with Crippen LogP contribution < -0.4 is 5.73 Å². The van der Waals surface area contributed by atoms with Crippen LogP contribution in [0.5, 0.6) is 0 Å². The second-order valence-corrected chi connectivity index (χ2v) is 6.96. The first-order valence-electron chi connectivity index (χ1n) is 6.95. The van der Waals surface area contributed by atoms with Crippen LogP contribution in [0, 0.1) is 12.7 Å². The van der Waals surface area contributed by atoms with Crippen LogP contribution in [0.3, 0.4) is 0 Å². The van der Waals surface area contributed by atoms with Gasteiger partial charge in [0.2, 0.25) is 10.0 Å². The summed E-state index contributed by atoms with van der Waals surface area (Å²) in [5.41, 5.74) is 6.80. The fraction of sp³-hybridized carbons (Fsp3) is 0.250. The van der Waals surface area contributed by atoms with E-state index in [9.17, 15) is 12.8 Å². The first-order chi connectivity index (χ1) is 10.4. The molecule has 0 fully saturated rings. The minimum Gasteiger partial charge on any atom is -0.329 e. The summed E-state index contributed by atoms with van der Waals surface area (Å²) in [6, 6.07) is 13.2. The van der Waals surface area contributed by atoms with Gasteiger partial charge in [0.15, 0.2) is 0 Å². The highest BCUT2D eigenvalue weighted by Gasteiger charge is 2.24. The van der Waals surface area contributed by atoms with Crippen molar-refractivity contribution in [1.29, 1.82) is 0 Å². The molecule has 118 valence electrons. The summed E-state index contributed by atoms with van der Waals surface area (Å²) in [7, 11) is -3.79. The topological polar surface area (TPSA) is 63.4 Å². The highest BCUT2D eigenvalue weighted by molar-refractivity contribution is 7.89. The highest BCUT2D eigenvalue weighted by atomic mass is 32.2. The Kier molecular flexibility index (Phi) is 5.28. The lowest BCUT2D eigenvalue weighted by Gasteiger charge is -2.22. The third-order valence-electron chi connectivity index (χ3n) is 3.36. The predicted molar refractivity (Wildman–Crippen MR) is 84.2 cm³/mol. The van der Waals surface area contributed by atoms with Crippen molar-refractivity contribution in [2.24, 2.45) is 5.73 Å². The van der Waals surface area contributed by atoms with Gasteiger partial charge in [0.1, 0.15) is 5.82 Å². The summed E-state index contributed by atoms with van der Waals surface area (Å²) >= 11 is 0. The summed E-state index contributed by atoms with van der Waals surface area (Å²) in [5, 5.41) is 0. The maximum atomic E-state index is 13.7. The first kappa shape index (κ1) is 16.6. The van der Waals surface area contributed by atoms with Gasteiger partial charge in [-0.25, -0.2) is 12.8 Å². The van der Waals surface area contributed by atoms with Gasteiger partial charge in [0.25, 0.3) is 0 Å². The molecule has 2 aromatic carbocycles. The molecule has 0 radical (unpaired) electrons. The Morgan fingerprint density at radius 2 is 1.82 bits per heavy atom. The number of nitrogens with zero attached hydrogens (tertiary/aromatic N) is 1. The van der Waals surface area contributed by atoms with Crippen molar-refractivity contribution in [1.82, 2.24) is 4.31 Å². The first-order valence-corrected chi connectivity index (χ1v) is 8.39. The Morgan fingerprint density at radius 3 is 2.41 bits per heavy atom. The average molecular weight is 322 g/mol. The van der Waals surface area contributed by atoms with E-state index in [2.05, 4.69) is 0 Å². The van der Waals surface area contributed by atoms with E-state index in [4.69, 9.17) is 5.73 Å². The summed E-state index contributed by atoms with van der Waals surface area (Å²) in [6.07, 6.45) is 0. The van der Waals surface area contributed by atoms with Crippen molar-refractivity contribution in [3.8, 4) is 0 Å². The van der Waals surface area contributed by atoms with Crippen LogP contribution in [0.2, 0.25) is 0 Å². The fourth-order valence-corrected chi connectivity index (χ4v) is 3.55. The molecular formula is C16H19FN2O2S. The third kappa shape index (κ3) is 3.71. The zero-order valence-corrected chi connectivity index (χ0v) is 13.2. The predicted octanol–water partition coefficient (Wildman–Crippen LogP) is 2.28. The van der Waals surface area contributed by atoms with Crippen molar-refractivity contribution in [3.63, 3.8) is 0 Å². The van der Waals surface area contributed by atoms with Gasteiger partial charge in [0.05, 0.1) is 4.90 Å². The number of nitrogens with two attached hydrogens (primary N) is 1. The number of benzene rings is 2. The molecule has 0 aliphatic heterocycles. The maximum absolute atomic E-state index is 13.7. The highest BCUT2D eigenvalue weighted by Crippen LogP contribution is 2.20. The number of hydrogen-bond acceptors (Lipinski definition) is 3. The number of aryl methyl sites for hydroxylation is 1. The zero-order valence-electron chi connectivity index (χ0n) is 12.4. The summed E-state index contributed by atoms with van der Waals surface area (Å²) in [6.45, 7) is 2.16. The Bertz CT molecular complexity index is 733. The molecule has 0 spiro atoms. The SMILES string of the molecule is Cc1ccc(S(=O)(=O)N(CCN)Cc2ccccc2)cc1F. The molecule has 0 aromatic heterocycles. The number of sulfonamides is 1. The summed E-state index contributed by atoms with van der Waals surface area (Å²) < 4.78 is 40.3. The summed E-state index contributed by atoms with van der Waals surface area (Å²) in [4.78, 5) is -0.0556. The van der Waals surface area contributed by atoms with E-state index >= 15 is 0 Å². The average Bonchev–Trinajstić information content (AvgIpc) is 2.50. The van der Waals surface area contributed by atoms with E-state index in [0.29, 0.717) is 5.56 Å². The van der Waals surface area contributed by atoms with Gasteiger partial charge in [-0.2, -0.15) is 4.31 Å². The maximum Gasteiger partial charge on any atom is 0.243 e. The molecular weight excluding hydrogens is 303 g/mol. The standard InChI is InChI=1S/C16H19FN2O2S/c1-13-7-8-15(11-16(13)17)22(20,21)19(10-9-18)12-14-5-3-2-4-6-14/h2-8,11H,9-10,12,18H2,1H3.